The molecule has 4 rings (SSSR count). The number of amides is 1. The van der Waals surface area contributed by atoms with Crippen molar-refractivity contribution >= 4 is 29.3 Å². The van der Waals surface area contributed by atoms with Crippen LogP contribution in [0.25, 0.3) is 22.6 Å². The number of hydrogen-bond acceptors (Lipinski definition) is 7. The fourth-order valence-electron chi connectivity index (χ4n) is 3.24. The Morgan fingerprint density at radius 3 is 2.91 bits per heavy atom. The number of hydrogen-bond donors (Lipinski definition) is 4. The first-order valence-corrected chi connectivity index (χ1v) is 10.5. The van der Waals surface area contributed by atoms with E-state index >= 15 is 0 Å². The first-order valence-electron chi connectivity index (χ1n) is 10.1. The van der Waals surface area contributed by atoms with E-state index in [-0.39, 0.29) is 17.3 Å². The van der Waals surface area contributed by atoms with E-state index in [1.807, 2.05) is 6.92 Å². The number of anilines is 2. The Bertz CT molecular complexity index is 1150. The maximum Gasteiger partial charge on any atom is 0.407 e. The zero-order valence-corrected chi connectivity index (χ0v) is 18.3. The number of methoxy groups -OCH3 is 1. The van der Waals surface area contributed by atoms with Crippen LogP contribution in [-0.2, 0) is 4.74 Å². The summed E-state index contributed by atoms with van der Waals surface area (Å²) >= 11 is 6.14. The Morgan fingerprint density at radius 2 is 2.19 bits per heavy atom. The minimum Gasteiger partial charge on any atom is -0.453 e. The number of H-pyrrole nitrogens is 1. The Labute approximate surface area is 189 Å². The summed E-state index contributed by atoms with van der Waals surface area (Å²) in [6, 6.07) is 4.36. The molecule has 1 aliphatic carbocycles. The van der Waals surface area contributed by atoms with E-state index in [1.165, 1.54) is 19.2 Å². The summed E-state index contributed by atoms with van der Waals surface area (Å²) in [5, 5.41) is 6.05. The highest BCUT2D eigenvalue weighted by atomic mass is 35.5. The number of benzene rings is 1. The third-order valence-corrected chi connectivity index (χ3v) is 5.25. The van der Waals surface area contributed by atoms with Gasteiger partial charge < -0.3 is 26.1 Å². The Morgan fingerprint density at radius 1 is 1.41 bits per heavy atom. The molecule has 5 N–H and O–H groups in total. The predicted octanol–water partition coefficient (Wildman–Crippen LogP) is 3.94. The highest BCUT2D eigenvalue weighted by molar-refractivity contribution is 6.31. The monoisotopic (exact) mass is 459 g/mol. The first kappa shape index (κ1) is 21.8. The number of rotatable bonds is 7. The van der Waals surface area contributed by atoms with Crippen LogP contribution >= 0.6 is 11.6 Å². The number of alkyl carbamates (subject to hydrolysis) is 1. The van der Waals surface area contributed by atoms with Crippen LogP contribution in [0.15, 0.2) is 24.4 Å². The van der Waals surface area contributed by atoms with E-state index in [1.54, 1.807) is 12.3 Å². The number of nitrogens with two attached hydrogens (primary N) is 1. The highest BCUT2D eigenvalue weighted by Gasteiger charge is 2.30. The first-order chi connectivity index (χ1) is 15.4. The lowest BCUT2D eigenvalue weighted by atomic mass is 10.1. The molecule has 9 nitrogen and oxygen atoms in total. The zero-order valence-electron chi connectivity index (χ0n) is 17.6. The van der Waals surface area contributed by atoms with Gasteiger partial charge in [0.05, 0.1) is 24.2 Å². The second-order valence-corrected chi connectivity index (χ2v) is 8.10. The quantitative estimate of drug-likeness (QED) is 0.393. The largest absolute Gasteiger partial charge is 0.453 e. The van der Waals surface area contributed by atoms with E-state index in [9.17, 15) is 9.18 Å². The van der Waals surface area contributed by atoms with Crippen LogP contribution in [0.2, 0.25) is 5.02 Å². The predicted molar refractivity (Wildman–Crippen MR) is 120 cm³/mol. The standard InChI is InChI=1S/C21H23ClFN7O2/c1-10(27-21(31)32-2)9-26-20-25-6-5-15(28-20)18-17(29-19(30-18)11-3-4-11)13-7-12(22)8-14(24)16(13)23/h5-8,10-11H,3-4,9,24H2,1-2H3,(H,27,31)(H,29,30)(H,25,26,28)/t10-/m0/s1. The highest BCUT2D eigenvalue weighted by Crippen LogP contribution is 2.42. The van der Waals surface area contributed by atoms with E-state index in [2.05, 4.69) is 35.3 Å². The van der Waals surface area contributed by atoms with Crippen molar-refractivity contribution in [1.82, 2.24) is 25.3 Å². The molecule has 0 radical (unpaired) electrons. The number of nitrogen functional groups attached to an aromatic ring is 1. The van der Waals surface area contributed by atoms with Gasteiger partial charge in [-0.25, -0.2) is 24.1 Å². The average molecular weight is 460 g/mol. The van der Waals surface area contributed by atoms with Crippen molar-refractivity contribution < 1.29 is 13.9 Å². The molecular weight excluding hydrogens is 437 g/mol. The summed E-state index contributed by atoms with van der Waals surface area (Å²) in [6.07, 6.45) is 3.11. The Balaban J connectivity index is 1.65. The van der Waals surface area contributed by atoms with Crippen LogP contribution in [0.3, 0.4) is 0 Å². The molecule has 1 amide bonds. The lowest BCUT2D eigenvalue weighted by Crippen LogP contribution is -2.37. The summed E-state index contributed by atoms with van der Waals surface area (Å²) in [7, 11) is 1.30. The van der Waals surface area contributed by atoms with Crippen molar-refractivity contribution in [2.24, 2.45) is 0 Å². The van der Waals surface area contributed by atoms with Crippen molar-refractivity contribution in [2.75, 3.05) is 24.7 Å². The smallest absolute Gasteiger partial charge is 0.407 e. The average Bonchev–Trinajstić information content (AvgIpc) is 3.53. The molecule has 11 heteroatoms. The number of nitrogens with one attached hydrogen (secondary N) is 3. The van der Waals surface area contributed by atoms with Gasteiger partial charge in [-0.2, -0.15) is 0 Å². The van der Waals surface area contributed by atoms with Gasteiger partial charge in [0.1, 0.15) is 11.5 Å². The summed E-state index contributed by atoms with van der Waals surface area (Å²) < 4.78 is 19.5. The molecule has 1 aliphatic rings. The van der Waals surface area contributed by atoms with Gasteiger partial charge in [0.15, 0.2) is 5.82 Å². The molecule has 2 heterocycles. The molecule has 0 spiro atoms. The van der Waals surface area contributed by atoms with Crippen LogP contribution in [-0.4, -0.2) is 45.7 Å². The van der Waals surface area contributed by atoms with Crippen molar-refractivity contribution in [2.45, 2.75) is 31.7 Å². The van der Waals surface area contributed by atoms with Crippen molar-refractivity contribution in [3.63, 3.8) is 0 Å². The van der Waals surface area contributed by atoms with Gasteiger partial charge in [0, 0.05) is 35.3 Å². The van der Waals surface area contributed by atoms with Gasteiger partial charge in [-0.3, -0.25) is 0 Å². The van der Waals surface area contributed by atoms with Crippen LogP contribution < -0.4 is 16.4 Å². The molecule has 1 saturated carbocycles. The van der Waals surface area contributed by atoms with Crippen molar-refractivity contribution in [1.29, 1.82) is 0 Å². The van der Waals surface area contributed by atoms with Crippen molar-refractivity contribution in [3.05, 3.63) is 41.1 Å². The molecule has 1 fully saturated rings. The molecule has 2 aromatic heterocycles. The molecule has 0 bridgehead atoms. The number of aromatic nitrogens is 4. The number of imidazole rings is 1. The fraction of sp³-hybridized carbons (Fsp3) is 0.333. The lowest BCUT2D eigenvalue weighted by molar-refractivity contribution is 0.168. The van der Waals surface area contributed by atoms with E-state index < -0.39 is 11.9 Å². The minimum absolute atomic E-state index is 0.0495. The summed E-state index contributed by atoms with van der Waals surface area (Å²) in [4.78, 5) is 28.1. The van der Waals surface area contributed by atoms with Gasteiger partial charge in [0.2, 0.25) is 5.95 Å². The van der Waals surface area contributed by atoms with Gasteiger partial charge in [0.25, 0.3) is 0 Å². The number of carbonyl (C=O) groups excluding carboxylic acids is 1. The molecule has 0 saturated heterocycles. The second-order valence-electron chi connectivity index (χ2n) is 7.66. The number of nitrogens with zero attached hydrogens (tertiary/aromatic N) is 3. The van der Waals surface area contributed by atoms with E-state index in [0.29, 0.717) is 40.5 Å². The summed E-state index contributed by atoms with van der Waals surface area (Å²) in [5.74, 6) is 0.851. The molecule has 0 unspecified atom stereocenters. The lowest BCUT2D eigenvalue weighted by Gasteiger charge is -2.14. The molecule has 32 heavy (non-hydrogen) atoms. The molecule has 168 valence electrons. The Kier molecular flexibility index (Phi) is 6.13. The maximum absolute atomic E-state index is 14.9. The Hall–Kier alpha value is -3.40. The van der Waals surface area contributed by atoms with Gasteiger partial charge in [-0.05, 0) is 38.0 Å². The topological polar surface area (TPSA) is 131 Å². The fourth-order valence-corrected chi connectivity index (χ4v) is 3.47. The molecule has 3 aromatic rings. The van der Waals surface area contributed by atoms with E-state index in [0.717, 1.165) is 18.7 Å². The summed E-state index contributed by atoms with van der Waals surface area (Å²) in [5.41, 5.74) is 7.43. The van der Waals surface area contributed by atoms with Crippen molar-refractivity contribution in [3.8, 4) is 22.6 Å². The minimum atomic E-state index is -0.584. The number of halogens is 2. The van der Waals surface area contributed by atoms with Crippen LogP contribution in [0.4, 0.5) is 20.8 Å². The normalized spacial score (nSPS) is 14.1. The van der Waals surface area contributed by atoms with Gasteiger partial charge >= 0.3 is 6.09 Å². The molecule has 0 aliphatic heterocycles. The second kappa shape index (κ2) is 8.99. The third-order valence-electron chi connectivity index (χ3n) is 5.03. The van der Waals surface area contributed by atoms with E-state index in [4.69, 9.17) is 17.3 Å². The zero-order chi connectivity index (χ0) is 22.8. The van der Waals surface area contributed by atoms with Crippen LogP contribution in [0.5, 0.6) is 0 Å². The number of ether oxygens (including phenoxy) is 1. The SMILES string of the molecule is COC(=O)N[C@@H](C)CNc1nccc(-c2[nH]c(C3CC3)nc2-c2cc(Cl)cc(N)c2F)n1. The maximum atomic E-state index is 14.9. The van der Waals surface area contributed by atoms with Crippen LogP contribution in [0.1, 0.15) is 31.5 Å². The number of carbonyl (C=O) groups is 1. The molecule has 1 atom stereocenters. The van der Waals surface area contributed by atoms with Gasteiger partial charge in [-0.1, -0.05) is 11.6 Å². The summed E-state index contributed by atoms with van der Waals surface area (Å²) in [6.45, 7) is 2.19. The van der Waals surface area contributed by atoms with Crippen LogP contribution in [0, 0.1) is 5.82 Å². The van der Waals surface area contributed by atoms with Gasteiger partial charge in [-0.15, -0.1) is 0 Å². The molecule has 1 aromatic carbocycles. The third kappa shape index (κ3) is 4.75. The molecular formula is C21H23ClFN7O2. The number of aromatic amines is 1.